The summed E-state index contributed by atoms with van der Waals surface area (Å²) in [5, 5.41) is 13.6. The van der Waals surface area contributed by atoms with E-state index in [1.54, 1.807) is 12.1 Å². The molecule has 2 aromatic carbocycles. The van der Waals surface area contributed by atoms with Gasteiger partial charge in [-0.25, -0.2) is 4.39 Å². The van der Waals surface area contributed by atoms with Gasteiger partial charge in [-0.05, 0) is 41.7 Å². The number of aliphatic hydroxyl groups is 1. The zero-order chi connectivity index (χ0) is 22.7. The van der Waals surface area contributed by atoms with Gasteiger partial charge in [0.1, 0.15) is 5.82 Å². The highest BCUT2D eigenvalue weighted by molar-refractivity contribution is 5.63. The third kappa shape index (κ3) is 5.33. The average Bonchev–Trinajstić information content (AvgIpc) is 3.27. The second kappa shape index (κ2) is 9.89. The quantitative estimate of drug-likeness (QED) is 0.549. The van der Waals surface area contributed by atoms with Gasteiger partial charge in [0.05, 0.1) is 13.0 Å². The van der Waals surface area contributed by atoms with Crippen LogP contribution >= 0.6 is 0 Å². The van der Waals surface area contributed by atoms with E-state index in [4.69, 9.17) is 0 Å². The van der Waals surface area contributed by atoms with Gasteiger partial charge in [0.25, 0.3) is 0 Å². The third-order valence-corrected chi connectivity index (χ3v) is 6.97. The first-order chi connectivity index (χ1) is 15.4. The van der Waals surface area contributed by atoms with Gasteiger partial charge in [-0.15, -0.1) is 0 Å². The molecule has 0 bridgehead atoms. The summed E-state index contributed by atoms with van der Waals surface area (Å²) >= 11 is 0. The van der Waals surface area contributed by atoms with Gasteiger partial charge in [-0.1, -0.05) is 49.2 Å². The molecule has 1 aliphatic heterocycles. The molecular weight excluding hydrogens is 420 g/mol. The van der Waals surface area contributed by atoms with Crippen molar-refractivity contribution in [3.63, 3.8) is 0 Å². The molecule has 2 aromatic rings. The van der Waals surface area contributed by atoms with E-state index < -0.39 is 12.6 Å². The predicted octanol–water partition coefficient (Wildman–Crippen LogP) is 5.11. The number of hydrogen-bond donors (Lipinski definition) is 2. The van der Waals surface area contributed by atoms with E-state index in [0.29, 0.717) is 12.6 Å². The van der Waals surface area contributed by atoms with E-state index >= 15 is 0 Å². The summed E-state index contributed by atoms with van der Waals surface area (Å²) < 4.78 is 51.9. The minimum Gasteiger partial charge on any atom is -0.395 e. The van der Waals surface area contributed by atoms with Crippen LogP contribution in [-0.2, 0) is 0 Å². The number of halogens is 4. The van der Waals surface area contributed by atoms with E-state index in [9.17, 15) is 22.7 Å². The Kier molecular flexibility index (Phi) is 7.17. The average molecular weight is 451 g/mol. The largest absolute Gasteiger partial charge is 0.395 e. The zero-order valence-corrected chi connectivity index (χ0v) is 18.0. The monoisotopic (exact) mass is 450 g/mol. The Labute approximate surface area is 186 Å². The van der Waals surface area contributed by atoms with Crippen molar-refractivity contribution in [1.82, 2.24) is 10.2 Å². The number of nitrogens with zero attached hydrogens (tertiary/aromatic N) is 1. The molecule has 1 saturated carbocycles. The van der Waals surface area contributed by atoms with Gasteiger partial charge in [0.15, 0.2) is 0 Å². The van der Waals surface area contributed by atoms with E-state index in [2.05, 4.69) is 5.32 Å². The van der Waals surface area contributed by atoms with Gasteiger partial charge in [-0.2, -0.15) is 13.2 Å². The number of alkyl halides is 3. The molecular formula is C25H30F4N2O. The number of benzene rings is 2. The Morgan fingerprint density at radius 1 is 0.906 bits per heavy atom. The molecule has 7 heteroatoms. The molecule has 174 valence electrons. The first-order valence-corrected chi connectivity index (χ1v) is 11.4. The van der Waals surface area contributed by atoms with Crippen LogP contribution in [0.5, 0.6) is 0 Å². The van der Waals surface area contributed by atoms with Crippen molar-refractivity contribution in [2.24, 2.45) is 0 Å². The normalized spacial score (nSPS) is 24.6. The summed E-state index contributed by atoms with van der Waals surface area (Å²) in [6, 6.07) is 14.2. The molecule has 3 nitrogen and oxygen atoms in total. The van der Waals surface area contributed by atoms with Gasteiger partial charge in [0, 0.05) is 37.1 Å². The Morgan fingerprint density at radius 2 is 1.50 bits per heavy atom. The molecule has 32 heavy (non-hydrogen) atoms. The summed E-state index contributed by atoms with van der Waals surface area (Å²) in [6.07, 6.45) is -0.502. The Balaban J connectivity index is 1.51. The van der Waals surface area contributed by atoms with Crippen molar-refractivity contribution in [2.75, 3.05) is 19.7 Å². The third-order valence-electron chi connectivity index (χ3n) is 6.97. The Morgan fingerprint density at radius 3 is 2.06 bits per heavy atom. The summed E-state index contributed by atoms with van der Waals surface area (Å²) in [6.45, 7) is 0.335. The van der Waals surface area contributed by atoms with Crippen molar-refractivity contribution in [3.05, 3.63) is 59.9 Å². The van der Waals surface area contributed by atoms with Gasteiger partial charge in [-0.3, -0.25) is 4.90 Å². The second-order valence-corrected chi connectivity index (χ2v) is 8.96. The summed E-state index contributed by atoms with van der Waals surface area (Å²) in [4.78, 5) is 1.81. The molecule has 2 N–H and O–H groups in total. The van der Waals surface area contributed by atoms with Crippen LogP contribution in [0.15, 0.2) is 48.5 Å². The molecule has 2 fully saturated rings. The first-order valence-electron chi connectivity index (χ1n) is 11.4. The van der Waals surface area contributed by atoms with Crippen LogP contribution in [-0.4, -0.2) is 54.0 Å². The first kappa shape index (κ1) is 23.2. The van der Waals surface area contributed by atoms with E-state index in [1.165, 1.54) is 25.0 Å². The number of nitrogens with one attached hydrogen (secondary N) is 1. The van der Waals surface area contributed by atoms with Gasteiger partial charge >= 0.3 is 6.18 Å². The second-order valence-electron chi connectivity index (χ2n) is 8.96. The number of hydrogen-bond acceptors (Lipinski definition) is 3. The van der Waals surface area contributed by atoms with Crippen LogP contribution in [0.25, 0.3) is 11.1 Å². The zero-order valence-electron chi connectivity index (χ0n) is 18.0. The minimum atomic E-state index is -4.22. The number of aliphatic hydroxyl groups excluding tert-OH is 1. The van der Waals surface area contributed by atoms with Crippen LogP contribution in [0.1, 0.15) is 43.6 Å². The fourth-order valence-electron chi connectivity index (χ4n) is 5.27. The van der Waals surface area contributed by atoms with Crippen LogP contribution < -0.4 is 5.32 Å². The lowest BCUT2D eigenvalue weighted by Gasteiger charge is -2.55. The Bertz CT molecular complexity index is 863. The number of rotatable bonds is 8. The van der Waals surface area contributed by atoms with Crippen molar-refractivity contribution in [2.45, 2.75) is 62.3 Å². The maximum Gasteiger partial charge on any atom is 0.390 e. The lowest BCUT2D eigenvalue weighted by atomic mass is 9.74. The van der Waals surface area contributed by atoms with Gasteiger partial charge in [0.2, 0.25) is 0 Å². The summed E-state index contributed by atoms with van der Waals surface area (Å²) in [7, 11) is 0. The highest BCUT2D eigenvalue weighted by Crippen LogP contribution is 2.42. The fourth-order valence-corrected chi connectivity index (χ4v) is 5.27. The minimum absolute atomic E-state index is 0.0376. The van der Waals surface area contributed by atoms with E-state index in [1.807, 2.05) is 29.2 Å². The van der Waals surface area contributed by atoms with E-state index in [-0.39, 0.29) is 37.0 Å². The molecule has 2 aliphatic rings. The maximum absolute atomic E-state index is 13.2. The molecule has 3 atom stereocenters. The molecule has 1 saturated heterocycles. The molecule has 0 unspecified atom stereocenters. The topological polar surface area (TPSA) is 35.5 Å². The number of likely N-dealkylation sites (tertiary alicyclic amines) is 1. The van der Waals surface area contributed by atoms with Crippen LogP contribution in [0.3, 0.4) is 0 Å². The lowest BCUT2D eigenvalue weighted by Crippen LogP contribution is -2.67. The highest BCUT2D eigenvalue weighted by atomic mass is 19.4. The van der Waals surface area contributed by atoms with Gasteiger partial charge < -0.3 is 10.4 Å². The molecule has 4 rings (SSSR count). The molecule has 0 spiro atoms. The molecule has 1 aliphatic carbocycles. The van der Waals surface area contributed by atoms with Crippen LogP contribution in [0, 0.1) is 5.82 Å². The molecule has 0 amide bonds. The predicted molar refractivity (Wildman–Crippen MR) is 117 cm³/mol. The van der Waals surface area contributed by atoms with Crippen molar-refractivity contribution < 1.29 is 22.7 Å². The SMILES string of the molecule is OC[C@@H]1[C@H](c2ccc(-c3ccc(F)cc3)cc2)[C@@H](CNC2CCCC2)N1CCC(F)(F)F. The molecule has 0 radical (unpaired) electrons. The van der Waals surface area contributed by atoms with Crippen molar-refractivity contribution in [1.29, 1.82) is 0 Å². The van der Waals surface area contributed by atoms with Crippen LogP contribution in [0.2, 0.25) is 0 Å². The van der Waals surface area contributed by atoms with E-state index in [0.717, 1.165) is 29.5 Å². The summed E-state index contributed by atoms with van der Waals surface area (Å²) in [5.41, 5.74) is 2.86. The smallest absolute Gasteiger partial charge is 0.390 e. The maximum atomic E-state index is 13.2. The molecule has 1 heterocycles. The Hall–Kier alpha value is -1.96. The van der Waals surface area contributed by atoms with Crippen LogP contribution in [0.4, 0.5) is 17.6 Å². The lowest BCUT2D eigenvalue weighted by molar-refractivity contribution is -0.150. The van der Waals surface area contributed by atoms with Crippen molar-refractivity contribution >= 4 is 0 Å². The molecule has 0 aromatic heterocycles. The summed E-state index contributed by atoms with van der Waals surface area (Å²) in [5.74, 6) is -0.327. The highest BCUT2D eigenvalue weighted by Gasteiger charge is 2.49. The standard InChI is InChI=1S/C25H30F4N2O/c26-20-11-9-18(10-12-20)17-5-7-19(8-6-17)24-22(15-30-21-3-1-2-4-21)31(23(24)16-32)14-13-25(27,28)29/h5-12,21-24,30,32H,1-4,13-16H2/t22-,23-,24-/m1/s1. The fraction of sp³-hybridized carbons (Fsp3) is 0.520. The van der Waals surface area contributed by atoms with Crippen molar-refractivity contribution in [3.8, 4) is 11.1 Å².